The first kappa shape index (κ1) is 22.0. The van der Waals surface area contributed by atoms with Crippen molar-refractivity contribution in [2.24, 2.45) is 0 Å². The third-order valence-corrected chi connectivity index (χ3v) is 6.27. The van der Waals surface area contributed by atoms with Gasteiger partial charge in [0.1, 0.15) is 11.4 Å². The number of rotatable bonds is 5. The Morgan fingerprint density at radius 3 is 2.18 bits per heavy atom. The zero-order valence-electron chi connectivity index (χ0n) is 17.3. The van der Waals surface area contributed by atoms with Crippen LogP contribution < -0.4 is 15.6 Å². The second kappa shape index (κ2) is 8.75. The molecule has 168 valence electrons. The highest BCUT2D eigenvalue weighted by molar-refractivity contribution is 7.92. The highest BCUT2D eigenvalue weighted by atomic mass is 32.2. The van der Waals surface area contributed by atoms with Crippen molar-refractivity contribution in [3.63, 3.8) is 0 Å². The molecule has 3 aromatic carbocycles. The minimum atomic E-state index is -4.06. The molecule has 0 fully saturated rings. The number of hydrogen-bond donors (Lipinski definition) is 3. The van der Waals surface area contributed by atoms with Gasteiger partial charge in [-0.2, -0.15) is 0 Å². The molecule has 0 aliphatic rings. The number of anilines is 1. The van der Waals surface area contributed by atoms with Crippen LogP contribution in [0.1, 0.15) is 26.5 Å². The van der Waals surface area contributed by atoms with Crippen LogP contribution in [0.3, 0.4) is 0 Å². The zero-order valence-corrected chi connectivity index (χ0v) is 18.1. The summed E-state index contributed by atoms with van der Waals surface area (Å²) >= 11 is 0. The van der Waals surface area contributed by atoms with Crippen molar-refractivity contribution in [3.05, 3.63) is 95.5 Å². The van der Waals surface area contributed by atoms with Crippen molar-refractivity contribution in [1.82, 2.24) is 10.9 Å². The Balaban J connectivity index is 1.42. The number of sulfonamides is 1. The standard InChI is InChI=1S/C23H18FN3O5S/c1-14-17-6-2-5-9-20(17)32-21(14)23(29)26-25-22(28)15-10-12-16(13-11-15)33(30,31)27-19-8-4-3-7-18(19)24/h2-13,27H,1H3,(H,25,28)(H,26,29). The van der Waals surface area contributed by atoms with Gasteiger partial charge in [0.2, 0.25) is 0 Å². The van der Waals surface area contributed by atoms with Gasteiger partial charge in [-0.15, -0.1) is 0 Å². The number of halogens is 1. The lowest BCUT2D eigenvalue weighted by atomic mass is 10.1. The second-order valence-corrected chi connectivity index (χ2v) is 8.75. The topological polar surface area (TPSA) is 118 Å². The normalized spacial score (nSPS) is 11.2. The largest absolute Gasteiger partial charge is 0.451 e. The van der Waals surface area contributed by atoms with Crippen LogP contribution >= 0.6 is 0 Å². The number of aryl methyl sites for hydroxylation is 1. The Morgan fingerprint density at radius 1 is 0.848 bits per heavy atom. The summed E-state index contributed by atoms with van der Waals surface area (Å²) in [6.07, 6.45) is 0. The van der Waals surface area contributed by atoms with Gasteiger partial charge in [-0.25, -0.2) is 12.8 Å². The number of nitrogens with one attached hydrogen (secondary N) is 3. The molecule has 1 heterocycles. The Kier molecular flexibility index (Phi) is 5.84. The highest BCUT2D eigenvalue weighted by Crippen LogP contribution is 2.24. The van der Waals surface area contributed by atoms with Crippen LogP contribution in [0.2, 0.25) is 0 Å². The molecule has 0 aliphatic heterocycles. The first-order valence-electron chi connectivity index (χ1n) is 9.72. The lowest BCUT2D eigenvalue weighted by molar-refractivity contribution is 0.0831. The lowest BCUT2D eigenvalue weighted by Crippen LogP contribution is -2.41. The van der Waals surface area contributed by atoms with E-state index in [1.807, 2.05) is 12.1 Å². The minimum Gasteiger partial charge on any atom is -0.451 e. The van der Waals surface area contributed by atoms with Gasteiger partial charge in [0, 0.05) is 16.5 Å². The SMILES string of the molecule is Cc1c(C(=O)NNC(=O)c2ccc(S(=O)(=O)Nc3ccccc3F)cc2)oc2ccccc12. The number of para-hydroxylation sites is 2. The second-order valence-electron chi connectivity index (χ2n) is 7.07. The summed E-state index contributed by atoms with van der Waals surface area (Å²) in [6.45, 7) is 1.73. The molecule has 0 aliphatic carbocycles. The zero-order chi connectivity index (χ0) is 23.6. The molecule has 8 nitrogen and oxygen atoms in total. The number of fused-ring (bicyclic) bond motifs is 1. The number of amides is 2. The van der Waals surface area contributed by atoms with Gasteiger partial charge >= 0.3 is 5.91 Å². The smallest absolute Gasteiger partial charge is 0.305 e. The van der Waals surface area contributed by atoms with E-state index in [-0.39, 0.29) is 21.9 Å². The third-order valence-electron chi connectivity index (χ3n) is 4.88. The molecular weight excluding hydrogens is 449 g/mol. The van der Waals surface area contributed by atoms with Gasteiger partial charge in [0.25, 0.3) is 15.9 Å². The summed E-state index contributed by atoms with van der Waals surface area (Å²) in [5, 5.41) is 0.787. The van der Waals surface area contributed by atoms with Gasteiger partial charge in [-0.1, -0.05) is 30.3 Å². The fraction of sp³-hybridized carbons (Fsp3) is 0.0435. The van der Waals surface area contributed by atoms with Gasteiger partial charge in [-0.3, -0.25) is 25.2 Å². The van der Waals surface area contributed by atoms with Crippen molar-refractivity contribution in [3.8, 4) is 0 Å². The molecule has 0 unspecified atom stereocenters. The predicted molar refractivity (Wildman–Crippen MR) is 120 cm³/mol. The number of carbonyl (C=O) groups is 2. The summed E-state index contributed by atoms with van der Waals surface area (Å²) in [7, 11) is -4.06. The Bertz CT molecular complexity index is 1460. The van der Waals surface area contributed by atoms with E-state index in [2.05, 4.69) is 15.6 Å². The maximum Gasteiger partial charge on any atom is 0.305 e. The van der Waals surface area contributed by atoms with E-state index in [0.717, 1.165) is 11.5 Å². The van der Waals surface area contributed by atoms with Crippen LogP contribution in [-0.4, -0.2) is 20.2 Å². The van der Waals surface area contributed by atoms with E-state index in [4.69, 9.17) is 4.42 Å². The molecule has 0 saturated carbocycles. The maximum atomic E-state index is 13.7. The first-order chi connectivity index (χ1) is 15.8. The first-order valence-corrected chi connectivity index (χ1v) is 11.2. The van der Waals surface area contributed by atoms with Crippen LogP contribution in [0.15, 0.2) is 82.1 Å². The van der Waals surface area contributed by atoms with Crippen molar-refractivity contribution in [2.75, 3.05) is 4.72 Å². The molecule has 0 saturated heterocycles. The van der Waals surface area contributed by atoms with E-state index < -0.39 is 27.7 Å². The van der Waals surface area contributed by atoms with Crippen molar-refractivity contribution >= 4 is 38.5 Å². The lowest BCUT2D eigenvalue weighted by Gasteiger charge is -2.10. The number of hydrogen-bond acceptors (Lipinski definition) is 5. The third kappa shape index (κ3) is 4.55. The predicted octanol–water partition coefficient (Wildman–Crippen LogP) is 3.76. The quantitative estimate of drug-likeness (QED) is 0.387. The van der Waals surface area contributed by atoms with Crippen LogP contribution in [0, 0.1) is 12.7 Å². The average molecular weight is 467 g/mol. The molecule has 0 atom stereocenters. The van der Waals surface area contributed by atoms with Gasteiger partial charge in [0.05, 0.1) is 10.6 Å². The van der Waals surface area contributed by atoms with Crippen LogP contribution in [-0.2, 0) is 10.0 Å². The molecule has 10 heteroatoms. The van der Waals surface area contributed by atoms with Gasteiger partial charge in [-0.05, 0) is 49.4 Å². The molecule has 0 radical (unpaired) electrons. The highest BCUT2D eigenvalue weighted by Gasteiger charge is 2.19. The minimum absolute atomic E-state index is 0.0668. The number of furan rings is 1. The summed E-state index contributed by atoms with van der Waals surface area (Å²) in [6, 6.07) is 17.4. The summed E-state index contributed by atoms with van der Waals surface area (Å²) in [4.78, 5) is 24.6. The molecule has 33 heavy (non-hydrogen) atoms. The van der Waals surface area contributed by atoms with Gasteiger partial charge in [0.15, 0.2) is 5.76 Å². The van der Waals surface area contributed by atoms with Crippen molar-refractivity contribution < 1.29 is 26.8 Å². The molecule has 3 N–H and O–H groups in total. The average Bonchev–Trinajstić information content (AvgIpc) is 3.15. The molecule has 0 spiro atoms. The fourth-order valence-corrected chi connectivity index (χ4v) is 4.23. The molecule has 2 amide bonds. The van der Waals surface area contributed by atoms with Crippen molar-refractivity contribution in [1.29, 1.82) is 0 Å². The number of benzene rings is 3. The van der Waals surface area contributed by atoms with E-state index in [1.165, 1.54) is 42.5 Å². The fourth-order valence-electron chi connectivity index (χ4n) is 3.17. The number of carbonyl (C=O) groups excluding carboxylic acids is 2. The summed E-state index contributed by atoms with van der Waals surface area (Å²) in [5.74, 6) is -1.95. The molecule has 1 aromatic heterocycles. The van der Waals surface area contributed by atoms with Crippen LogP contribution in [0.4, 0.5) is 10.1 Å². The van der Waals surface area contributed by atoms with Crippen LogP contribution in [0.5, 0.6) is 0 Å². The Morgan fingerprint density at radius 2 is 1.48 bits per heavy atom. The molecule has 4 aromatic rings. The Labute approximate surface area is 188 Å². The molecule has 4 rings (SSSR count). The van der Waals surface area contributed by atoms with Gasteiger partial charge < -0.3 is 4.42 Å². The Hall–Kier alpha value is -4.18. The molecular formula is C23H18FN3O5S. The summed E-state index contributed by atoms with van der Waals surface area (Å²) < 4.78 is 46.4. The van der Waals surface area contributed by atoms with E-state index in [0.29, 0.717) is 11.1 Å². The van der Waals surface area contributed by atoms with E-state index >= 15 is 0 Å². The monoisotopic (exact) mass is 467 g/mol. The van der Waals surface area contributed by atoms with E-state index in [1.54, 1.807) is 19.1 Å². The van der Waals surface area contributed by atoms with Crippen LogP contribution in [0.25, 0.3) is 11.0 Å². The molecule has 0 bridgehead atoms. The maximum absolute atomic E-state index is 13.7. The van der Waals surface area contributed by atoms with E-state index in [9.17, 15) is 22.4 Å². The summed E-state index contributed by atoms with van der Waals surface area (Å²) in [5.41, 5.74) is 5.63. The number of hydrazine groups is 1. The van der Waals surface area contributed by atoms with Crippen molar-refractivity contribution in [2.45, 2.75) is 11.8 Å².